The van der Waals surface area contributed by atoms with Gasteiger partial charge in [0.15, 0.2) is 0 Å². The molecule has 0 bridgehead atoms. The van der Waals surface area contributed by atoms with E-state index in [4.69, 9.17) is 4.74 Å². The van der Waals surface area contributed by atoms with E-state index in [-0.39, 0.29) is 24.1 Å². The molecule has 2 fully saturated rings. The van der Waals surface area contributed by atoms with E-state index in [0.29, 0.717) is 12.3 Å². The minimum atomic E-state index is -0.473. The highest BCUT2D eigenvalue weighted by molar-refractivity contribution is 5.77. The van der Waals surface area contributed by atoms with Crippen molar-refractivity contribution in [2.75, 3.05) is 7.05 Å². The number of ether oxygens (including phenoxy) is 1. The van der Waals surface area contributed by atoms with Crippen LogP contribution in [0, 0.1) is 5.92 Å². The summed E-state index contributed by atoms with van der Waals surface area (Å²) in [4.78, 5) is 25.5. The first kappa shape index (κ1) is 15.1. The largest absolute Gasteiger partial charge is 0.444 e. The Labute approximate surface area is 121 Å². The fourth-order valence-corrected chi connectivity index (χ4v) is 3.30. The van der Waals surface area contributed by atoms with Crippen LogP contribution < -0.4 is 5.32 Å². The van der Waals surface area contributed by atoms with Gasteiger partial charge in [0.05, 0.1) is 0 Å². The number of carbonyl (C=O) groups is 2. The molecule has 1 N–H and O–H groups in total. The first-order valence-electron chi connectivity index (χ1n) is 7.51. The molecule has 2 aliphatic rings. The van der Waals surface area contributed by atoms with Crippen LogP contribution in [0.1, 0.15) is 52.9 Å². The van der Waals surface area contributed by atoms with Gasteiger partial charge in [-0.25, -0.2) is 4.79 Å². The van der Waals surface area contributed by atoms with Crippen LogP contribution in [0.15, 0.2) is 0 Å². The first-order chi connectivity index (χ1) is 9.26. The molecule has 1 saturated carbocycles. The summed E-state index contributed by atoms with van der Waals surface area (Å²) in [5.41, 5.74) is -0.473. The van der Waals surface area contributed by atoms with Gasteiger partial charge in [0.1, 0.15) is 5.60 Å². The van der Waals surface area contributed by atoms with E-state index in [0.717, 1.165) is 25.7 Å². The Balaban J connectivity index is 1.89. The number of nitrogens with zero attached hydrogens (tertiary/aromatic N) is 1. The second kappa shape index (κ2) is 5.62. The summed E-state index contributed by atoms with van der Waals surface area (Å²) in [5, 5.41) is 2.94. The van der Waals surface area contributed by atoms with Crippen molar-refractivity contribution < 1.29 is 14.3 Å². The second-order valence-electron chi connectivity index (χ2n) is 7.03. The molecule has 5 nitrogen and oxygen atoms in total. The van der Waals surface area contributed by atoms with Gasteiger partial charge in [-0.1, -0.05) is 0 Å². The lowest BCUT2D eigenvalue weighted by Gasteiger charge is -2.44. The monoisotopic (exact) mass is 282 g/mol. The first-order valence-corrected chi connectivity index (χ1v) is 7.51. The average Bonchev–Trinajstić information content (AvgIpc) is 2.32. The minimum absolute atomic E-state index is 0.111. The Morgan fingerprint density at radius 3 is 2.65 bits per heavy atom. The predicted molar refractivity (Wildman–Crippen MR) is 76.3 cm³/mol. The highest BCUT2D eigenvalue weighted by atomic mass is 16.6. The number of carbonyl (C=O) groups excluding carboxylic acids is 2. The molecule has 2 amide bonds. The van der Waals surface area contributed by atoms with Gasteiger partial charge >= 0.3 is 6.09 Å². The van der Waals surface area contributed by atoms with Gasteiger partial charge in [0, 0.05) is 25.6 Å². The van der Waals surface area contributed by atoms with Crippen LogP contribution in [-0.4, -0.2) is 41.6 Å². The van der Waals surface area contributed by atoms with Crippen molar-refractivity contribution in [2.45, 2.75) is 70.6 Å². The van der Waals surface area contributed by atoms with E-state index in [1.165, 1.54) is 0 Å². The number of nitrogens with one attached hydrogen (secondary N) is 1. The number of amides is 2. The van der Waals surface area contributed by atoms with Crippen LogP contribution in [-0.2, 0) is 9.53 Å². The summed E-state index contributed by atoms with van der Waals surface area (Å²) >= 11 is 0. The Morgan fingerprint density at radius 2 is 2.00 bits per heavy atom. The van der Waals surface area contributed by atoms with Crippen molar-refractivity contribution >= 4 is 12.0 Å². The molecule has 1 heterocycles. The Kier molecular flexibility index (Phi) is 4.25. The zero-order valence-corrected chi connectivity index (χ0v) is 12.9. The number of alkyl carbamates (subject to hydrolysis) is 1. The van der Waals surface area contributed by atoms with Gasteiger partial charge in [0.25, 0.3) is 0 Å². The molecule has 3 atom stereocenters. The van der Waals surface area contributed by atoms with Gasteiger partial charge in [0.2, 0.25) is 5.91 Å². The number of hydrogen-bond donors (Lipinski definition) is 1. The Hall–Kier alpha value is -1.26. The maximum absolute atomic E-state index is 11.8. The van der Waals surface area contributed by atoms with E-state index >= 15 is 0 Å². The molecule has 0 aromatic heterocycles. The molecular weight excluding hydrogens is 256 g/mol. The Morgan fingerprint density at radius 1 is 1.30 bits per heavy atom. The van der Waals surface area contributed by atoms with Gasteiger partial charge in [-0.2, -0.15) is 0 Å². The third-order valence-corrected chi connectivity index (χ3v) is 4.30. The van der Waals surface area contributed by atoms with Crippen molar-refractivity contribution in [2.24, 2.45) is 5.92 Å². The summed E-state index contributed by atoms with van der Waals surface area (Å²) in [5.74, 6) is 0.818. The van der Waals surface area contributed by atoms with Crippen molar-refractivity contribution in [3.63, 3.8) is 0 Å². The van der Waals surface area contributed by atoms with E-state index in [1.807, 2.05) is 32.7 Å². The third kappa shape index (κ3) is 3.64. The summed E-state index contributed by atoms with van der Waals surface area (Å²) in [6, 6.07) is 0.379. The van der Waals surface area contributed by atoms with Crippen molar-refractivity contribution in [1.29, 1.82) is 0 Å². The average molecular weight is 282 g/mol. The van der Waals surface area contributed by atoms with Gasteiger partial charge in [-0.05, 0) is 52.4 Å². The lowest BCUT2D eigenvalue weighted by atomic mass is 9.76. The Bertz CT molecular complexity index is 389. The molecule has 0 spiro atoms. The quantitative estimate of drug-likeness (QED) is 0.803. The maximum atomic E-state index is 11.8. The normalized spacial score (nSPS) is 30.7. The summed E-state index contributed by atoms with van der Waals surface area (Å²) < 4.78 is 5.29. The topological polar surface area (TPSA) is 58.6 Å². The van der Waals surface area contributed by atoms with Crippen LogP contribution in [0.25, 0.3) is 0 Å². The maximum Gasteiger partial charge on any atom is 0.407 e. The SMILES string of the molecule is CN1C(=O)CC[C@@H]2CCC(NC(=O)OC(C)(C)C)C[C@@H]21. The lowest BCUT2D eigenvalue weighted by molar-refractivity contribution is -0.138. The van der Waals surface area contributed by atoms with Crippen LogP contribution in [0.3, 0.4) is 0 Å². The second-order valence-corrected chi connectivity index (χ2v) is 7.03. The van der Waals surface area contributed by atoms with Gasteiger partial charge in [-0.15, -0.1) is 0 Å². The highest BCUT2D eigenvalue weighted by Gasteiger charge is 2.38. The highest BCUT2D eigenvalue weighted by Crippen LogP contribution is 2.35. The number of piperidine rings is 1. The summed E-state index contributed by atoms with van der Waals surface area (Å²) in [6.45, 7) is 5.57. The molecule has 20 heavy (non-hydrogen) atoms. The van der Waals surface area contributed by atoms with E-state index in [1.54, 1.807) is 0 Å². The number of fused-ring (bicyclic) bond motifs is 1. The van der Waals surface area contributed by atoms with E-state index < -0.39 is 5.60 Å². The fraction of sp³-hybridized carbons (Fsp3) is 0.867. The van der Waals surface area contributed by atoms with E-state index in [9.17, 15) is 9.59 Å². The summed E-state index contributed by atoms with van der Waals surface area (Å²) in [7, 11) is 1.88. The molecule has 1 aliphatic heterocycles. The molecule has 114 valence electrons. The summed E-state index contributed by atoms with van der Waals surface area (Å²) in [6.07, 6.45) is 4.19. The zero-order valence-electron chi connectivity index (χ0n) is 12.9. The number of rotatable bonds is 1. The molecule has 2 rings (SSSR count). The van der Waals surface area contributed by atoms with Crippen LogP contribution >= 0.6 is 0 Å². The van der Waals surface area contributed by atoms with Gasteiger partial charge < -0.3 is 15.0 Å². The molecule has 5 heteroatoms. The smallest absolute Gasteiger partial charge is 0.407 e. The molecular formula is C15H26N2O3. The molecule has 1 saturated heterocycles. The zero-order chi connectivity index (χ0) is 14.9. The van der Waals surface area contributed by atoms with Crippen LogP contribution in [0.5, 0.6) is 0 Å². The molecule has 0 radical (unpaired) electrons. The van der Waals surface area contributed by atoms with Crippen molar-refractivity contribution in [1.82, 2.24) is 10.2 Å². The fourth-order valence-electron chi connectivity index (χ4n) is 3.30. The minimum Gasteiger partial charge on any atom is -0.444 e. The lowest BCUT2D eigenvalue weighted by Crippen LogP contribution is -2.53. The third-order valence-electron chi connectivity index (χ3n) is 4.30. The molecule has 0 aromatic rings. The van der Waals surface area contributed by atoms with Gasteiger partial charge in [-0.3, -0.25) is 4.79 Å². The predicted octanol–water partition coefficient (Wildman–Crippen LogP) is 2.30. The molecule has 1 unspecified atom stereocenters. The number of likely N-dealkylation sites (tertiary alicyclic amines) is 1. The van der Waals surface area contributed by atoms with Crippen molar-refractivity contribution in [3.8, 4) is 0 Å². The van der Waals surface area contributed by atoms with Crippen molar-refractivity contribution in [3.05, 3.63) is 0 Å². The number of hydrogen-bond acceptors (Lipinski definition) is 3. The van der Waals surface area contributed by atoms with Crippen LogP contribution in [0.4, 0.5) is 4.79 Å². The molecule has 1 aliphatic carbocycles. The van der Waals surface area contributed by atoms with E-state index in [2.05, 4.69) is 5.32 Å². The standard InChI is InChI=1S/C15H26N2O3/c1-15(2,3)20-14(19)16-11-7-5-10-6-8-13(18)17(4)12(10)9-11/h10-12H,5-9H2,1-4H3,(H,16,19)/t10-,11?,12-/m0/s1. The molecule has 0 aromatic carbocycles. The van der Waals surface area contributed by atoms with Crippen LogP contribution in [0.2, 0.25) is 0 Å².